The number of hydrogen-bond donors (Lipinski definition) is 0. The number of aryl methyl sites for hydroxylation is 2. The number of hydrogen-bond acceptors (Lipinski definition) is 3. The van der Waals surface area contributed by atoms with Gasteiger partial charge in [-0.1, -0.05) is 55.4 Å². The SMILES string of the molecule is CC.CC.CC.CCc1nn(CCCN2CCOCC2)c(CC)c1C. The van der Waals surface area contributed by atoms with Gasteiger partial charge in [-0.2, -0.15) is 5.10 Å². The van der Waals surface area contributed by atoms with Gasteiger partial charge in [-0.25, -0.2) is 0 Å². The van der Waals surface area contributed by atoms with Crippen molar-refractivity contribution in [1.29, 1.82) is 0 Å². The van der Waals surface area contributed by atoms with Crippen LogP contribution in [0.4, 0.5) is 0 Å². The van der Waals surface area contributed by atoms with Crippen LogP contribution >= 0.6 is 0 Å². The number of morpholine rings is 1. The van der Waals surface area contributed by atoms with Gasteiger partial charge in [-0.3, -0.25) is 9.58 Å². The molecule has 1 saturated heterocycles. The van der Waals surface area contributed by atoms with Crippen molar-refractivity contribution >= 4 is 0 Å². The van der Waals surface area contributed by atoms with Crippen molar-refractivity contribution in [2.75, 3.05) is 32.8 Å². The van der Waals surface area contributed by atoms with Crippen LogP contribution in [0.25, 0.3) is 0 Å². The van der Waals surface area contributed by atoms with Gasteiger partial charge in [0, 0.05) is 31.9 Å². The van der Waals surface area contributed by atoms with E-state index in [1.165, 1.54) is 23.4 Å². The largest absolute Gasteiger partial charge is 0.379 e. The van der Waals surface area contributed by atoms with Crippen LogP contribution in [0.2, 0.25) is 0 Å². The third-order valence-electron chi connectivity index (χ3n) is 4.04. The van der Waals surface area contributed by atoms with Crippen molar-refractivity contribution in [1.82, 2.24) is 14.7 Å². The monoisotopic (exact) mass is 355 g/mol. The molecule has 4 heteroatoms. The summed E-state index contributed by atoms with van der Waals surface area (Å²) >= 11 is 0. The second kappa shape index (κ2) is 17.9. The molecule has 0 spiro atoms. The molecule has 4 nitrogen and oxygen atoms in total. The van der Waals surface area contributed by atoms with E-state index in [0.717, 1.165) is 52.2 Å². The highest BCUT2D eigenvalue weighted by Crippen LogP contribution is 2.15. The Kier molecular flexibility index (Phi) is 18.9. The normalized spacial score (nSPS) is 13.6. The molecular formula is C21H45N3O. The standard InChI is InChI=1S/C15H27N3O.3C2H6/c1-4-14-13(3)15(5-2)18(16-14)8-6-7-17-9-11-19-12-10-17;3*1-2/h4-12H2,1-3H3;3*1-2H3. The molecule has 25 heavy (non-hydrogen) atoms. The highest BCUT2D eigenvalue weighted by Gasteiger charge is 2.13. The average Bonchev–Trinajstić information content (AvgIpc) is 3.02. The molecule has 0 unspecified atom stereocenters. The first-order valence-corrected chi connectivity index (χ1v) is 10.6. The zero-order valence-corrected chi connectivity index (χ0v) is 18.6. The Morgan fingerprint density at radius 2 is 1.44 bits per heavy atom. The lowest BCUT2D eigenvalue weighted by atomic mass is 10.1. The summed E-state index contributed by atoms with van der Waals surface area (Å²) in [5.41, 5.74) is 4.08. The fraction of sp³-hybridized carbons (Fsp3) is 0.857. The van der Waals surface area contributed by atoms with Crippen LogP contribution in [0, 0.1) is 6.92 Å². The number of aromatic nitrogens is 2. The van der Waals surface area contributed by atoms with Crippen molar-refractivity contribution in [3.63, 3.8) is 0 Å². The van der Waals surface area contributed by atoms with E-state index in [9.17, 15) is 0 Å². The topological polar surface area (TPSA) is 30.3 Å². The molecule has 0 aliphatic carbocycles. The van der Waals surface area contributed by atoms with Gasteiger partial charge in [-0.15, -0.1) is 0 Å². The van der Waals surface area contributed by atoms with E-state index >= 15 is 0 Å². The minimum Gasteiger partial charge on any atom is -0.379 e. The maximum atomic E-state index is 5.38. The van der Waals surface area contributed by atoms with Crippen molar-refractivity contribution < 1.29 is 4.74 Å². The maximum Gasteiger partial charge on any atom is 0.0653 e. The van der Waals surface area contributed by atoms with E-state index in [2.05, 4.69) is 30.4 Å². The summed E-state index contributed by atoms with van der Waals surface area (Å²) in [6, 6.07) is 0. The third kappa shape index (κ3) is 9.41. The van der Waals surface area contributed by atoms with E-state index in [1.807, 2.05) is 41.5 Å². The van der Waals surface area contributed by atoms with Crippen molar-refractivity contribution in [2.24, 2.45) is 0 Å². The molecule has 0 aromatic carbocycles. The number of ether oxygens (including phenoxy) is 1. The molecule has 0 N–H and O–H groups in total. The first kappa shape index (κ1) is 26.4. The molecule has 1 fully saturated rings. The Bertz CT molecular complexity index is 396. The van der Waals surface area contributed by atoms with E-state index in [1.54, 1.807) is 0 Å². The highest BCUT2D eigenvalue weighted by molar-refractivity contribution is 5.24. The first-order valence-electron chi connectivity index (χ1n) is 10.6. The van der Waals surface area contributed by atoms with E-state index < -0.39 is 0 Å². The van der Waals surface area contributed by atoms with Crippen LogP contribution in [0.1, 0.15) is 78.8 Å². The van der Waals surface area contributed by atoms with Crippen LogP contribution in [-0.4, -0.2) is 47.5 Å². The van der Waals surface area contributed by atoms with Gasteiger partial charge in [0.2, 0.25) is 0 Å². The third-order valence-corrected chi connectivity index (χ3v) is 4.04. The van der Waals surface area contributed by atoms with E-state index in [-0.39, 0.29) is 0 Å². The van der Waals surface area contributed by atoms with Gasteiger partial charge in [0.25, 0.3) is 0 Å². The summed E-state index contributed by atoms with van der Waals surface area (Å²) in [6.07, 6.45) is 3.29. The van der Waals surface area contributed by atoms with Crippen molar-refractivity contribution in [2.45, 2.75) is 88.1 Å². The Hall–Kier alpha value is -0.870. The van der Waals surface area contributed by atoms with Gasteiger partial charge in [0.1, 0.15) is 0 Å². The summed E-state index contributed by atoms with van der Waals surface area (Å²) in [6.45, 7) is 24.8. The summed E-state index contributed by atoms with van der Waals surface area (Å²) < 4.78 is 7.61. The quantitative estimate of drug-likeness (QED) is 0.709. The molecule has 1 aliphatic heterocycles. The maximum absolute atomic E-state index is 5.38. The summed E-state index contributed by atoms with van der Waals surface area (Å²) in [4.78, 5) is 2.49. The van der Waals surface area contributed by atoms with Crippen LogP contribution in [0.5, 0.6) is 0 Å². The predicted molar refractivity (Wildman–Crippen MR) is 112 cm³/mol. The van der Waals surface area contributed by atoms with Crippen molar-refractivity contribution in [3.8, 4) is 0 Å². The molecule has 0 saturated carbocycles. The van der Waals surface area contributed by atoms with Gasteiger partial charge < -0.3 is 4.74 Å². The lowest BCUT2D eigenvalue weighted by Gasteiger charge is -2.26. The first-order chi connectivity index (χ1) is 12.3. The predicted octanol–water partition coefficient (Wildman–Crippen LogP) is 5.12. The fourth-order valence-corrected chi connectivity index (χ4v) is 2.88. The minimum absolute atomic E-state index is 0.890. The number of nitrogens with zero attached hydrogens (tertiary/aromatic N) is 3. The second-order valence-corrected chi connectivity index (χ2v) is 5.26. The zero-order valence-electron chi connectivity index (χ0n) is 18.6. The Morgan fingerprint density at radius 1 is 0.880 bits per heavy atom. The Balaban J connectivity index is 0. The van der Waals surface area contributed by atoms with Gasteiger partial charge >= 0.3 is 0 Å². The Labute approximate surface area is 157 Å². The Morgan fingerprint density at radius 3 is 1.92 bits per heavy atom. The molecule has 2 heterocycles. The second-order valence-electron chi connectivity index (χ2n) is 5.26. The molecule has 1 aromatic heterocycles. The highest BCUT2D eigenvalue weighted by atomic mass is 16.5. The fourth-order valence-electron chi connectivity index (χ4n) is 2.88. The van der Waals surface area contributed by atoms with Crippen LogP contribution in [-0.2, 0) is 24.1 Å². The summed E-state index contributed by atoms with van der Waals surface area (Å²) in [5, 5.41) is 4.76. The van der Waals surface area contributed by atoms with E-state index in [0.29, 0.717) is 0 Å². The van der Waals surface area contributed by atoms with E-state index in [4.69, 9.17) is 9.84 Å². The molecule has 0 atom stereocenters. The smallest absolute Gasteiger partial charge is 0.0653 e. The number of rotatable bonds is 6. The zero-order chi connectivity index (χ0) is 19.7. The molecule has 0 amide bonds. The average molecular weight is 356 g/mol. The molecule has 0 radical (unpaired) electrons. The molecular weight excluding hydrogens is 310 g/mol. The van der Waals surface area contributed by atoms with Crippen LogP contribution < -0.4 is 0 Å². The van der Waals surface area contributed by atoms with Gasteiger partial charge in [0.15, 0.2) is 0 Å². The summed E-state index contributed by atoms with van der Waals surface area (Å²) in [7, 11) is 0. The molecule has 2 rings (SSSR count). The van der Waals surface area contributed by atoms with Crippen LogP contribution in [0.15, 0.2) is 0 Å². The lowest BCUT2D eigenvalue weighted by molar-refractivity contribution is 0.0368. The molecule has 0 bridgehead atoms. The lowest BCUT2D eigenvalue weighted by Crippen LogP contribution is -2.37. The molecule has 150 valence electrons. The van der Waals surface area contributed by atoms with Crippen LogP contribution in [0.3, 0.4) is 0 Å². The van der Waals surface area contributed by atoms with Gasteiger partial charge in [0.05, 0.1) is 18.9 Å². The molecule has 1 aliphatic rings. The summed E-state index contributed by atoms with van der Waals surface area (Å²) in [5.74, 6) is 0. The van der Waals surface area contributed by atoms with Gasteiger partial charge in [-0.05, 0) is 31.7 Å². The van der Waals surface area contributed by atoms with Crippen molar-refractivity contribution in [3.05, 3.63) is 17.0 Å². The molecule has 1 aromatic rings. The minimum atomic E-state index is 0.890.